The Morgan fingerprint density at radius 2 is 1.09 bits per heavy atom. The molecule has 3 aliphatic rings. The minimum absolute atomic E-state index is 0.0770. The zero-order chi connectivity index (χ0) is 49.1. The molecule has 0 spiro atoms. The lowest BCUT2D eigenvalue weighted by molar-refractivity contribution is -0.0499. The summed E-state index contributed by atoms with van der Waals surface area (Å²) in [4.78, 5) is 11.0. The molecule has 3 atom stereocenters. The predicted molar refractivity (Wildman–Crippen MR) is 284 cm³/mol. The Balaban J connectivity index is 0.000000187. The zero-order valence-electron chi connectivity index (χ0n) is 37.9. The first-order chi connectivity index (χ1) is 30.7. The highest BCUT2D eigenvalue weighted by Gasteiger charge is 2.52. The molecule has 0 bridgehead atoms. The minimum Gasteiger partial charge on any atom is -0.488 e. The lowest BCUT2D eigenvalue weighted by atomic mass is 10.2. The van der Waals surface area contributed by atoms with E-state index in [-0.39, 0.29) is 42.0 Å². The highest BCUT2D eigenvalue weighted by molar-refractivity contribution is 15.0. The number of ether oxygens (including phenoxy) is 3. The average molecular weight is 1230 g/mol. The standard InChI is InChI=1S/C23H24OP2.C12H14F3O5PS.C12H15O3P.I2/c1-23(2,3)25-17-24-20-15-10-16-21(22(20)25)26(18-11-6-4-7-12-18)19-13-8-5-9-14-19;1-11(2,3)21(16)7-19-8-5-4-6-9(10(8)21)20-22(17,18)12(13,14)15;1-12(2,3)16(14)8-15-10-6-4-5-9(7-13)11(10)16;1-2/h4-16H,17H2,1-3H3;4-6H,7H2,1-3H3;4-7H,8H2,1-3H3;/t25-;21-;16-;/m100./s1. The minimum atomic E-state index is -5.84. The Morgan fingerprint density at radius 3 is 1.56 bits per heavy atom. The van der Waals surface area contributed by atoms with Gasteiger partial charge in [-0.15, -0.1) is 0 Å². The van der Waals surface area contributed by atoms with Gasteiger partial charge in [-0.2, -0.15) is 21.6 Å². The summed E-state index contributed by atoms with van der Waals surface area (Å²) >= 11 is 4.24. The maximum atomic E-state index is 13.1. The molecule has 5 aromatic carbocycles. The number of carbonyl (C=O) groups excluding carboxylic acids is 1. The fourth-order valence-electron chi connectivity index (χ4n) is 7.24. The van der Waals surface area contributed by atoms with Gasteiger partial charge in [0.25, 0.3) is 0 Å². The first-order valence-electron chi connectivity index (χ1n) is 20.5. The molecule has 0 fully saturated rings. The Labute approximate surface area is 412 Å². The van der Waals surface area contributed by atoms with Gasteiger partial charge in [-0.05, 0) is 61.2 Å². The highest BCUT2D eigenvalue weighted by atomic mass is 128. The molecule has 9 nitrogen and oxygen atoms in total. The van der Waals surface area contributed by atoms with Crippen molar-refractivity contribution in [2.24, 2.45) is 0 Å². The van der Waals surface area contributed by atoms with Gasteiger partial charge in [-0.25, -0.2) is 0 Å². The molecule has 0 N–H and O–H groups in total. The van der Waals surface area contributed by atoms with E-state index in [9.17, 15) is 35.5 Å². The molecule has 0 amide bonds. The number of aldehydes is 1. The number of hydrogen-bond acceptors (Lipinski definition) is 9. The summed E-state index contributed by atoms with van der Waals surface area (Å²) in [5.41, 5.74) is -5.07. The van der Waals surface area contributed by atoms with E-state index in [0.29, 0.717) is 16.6 Å². The molecule has 0 saturated carbocycles. The van der Waals surface area contributed by atoms with Crippen molar-refractivity contribution in [3.63, 3.8) is 0 Å². The monoisotopic (exact) mass is 1230 g/mol. The Morgan fingerprint density at radius 1 is 0.636 bits per heavy atom. The van der Waals surface area contributed by atoms with Crippen LogP contribution in [0, 0.1) is 0 Å². The molecule has 0 saturated heterocycles. The molecule has 0 unspecified atom stereocenters. The molecule has 66 heavy (non-hydrogen) atoms. The van der Waals surface area contributed by atoms with Crippen molar-refractivity contribution >= 4 is 116 Å². The summed E-state index contributed by atoms with van der Waals surface area (Å²) in [7, 11) is -12.7. The van der Waals surface area contributed by atoms with Crippen LogP contribution in [0.15, 0.2) is 115 Å². The quantitative estimate of drug-likeness (QED) is 0.0538. The van der Waals surface area contributed by atoms with E-state index in [1.165, 1.54) is 33.4 Å². The SMILES string of the molecule is CC(C)(C)[P@]1(=O)COc2cccc(C=O)c21.CC(C)(C)[P@]1(=O)COc2cccc(OS(=O)(=O)C(F)(F)F)c21.CC(C)(C)[P@]1COc2cccc(P(c3ccccc3)c3ccccc3)c21.II. The van der Waals surface area contributed by atoms with Crippen LogP contribution in [0.1, 0.15) is 72.7 Å². The molecule has 3 heterocycles. The molecule has 0 radical (unpaired) electrons. The maximum Gasteiger partial charge on any atom is 0.534 e. The first kappa shape index (κ1) is 54.4. The van der Waals surface area contributed by atoms with Crippen molar-refractivity contribution in [1.82, 2.24) is 0 Å². The van der Waals surface area contributed by atoms with E-state index in [1.807, 2.05) is 20.8 Å². The lowest BCUT2D eigenvalue weighted by Gasteiger charge is -2.30. The molecular formula is C47H53F3I2O9P4S. The second-order valence-corrected chi connectivity index (χ2v) is 31.9. The van der Waals surface area contributed by atoms with E-state index in [1.54, 1.807) is 39.0 Å². The third-order valence-corrected chi connectivity index (χ3v) is 25.3. The molecule has 8 rings (SSSR count). The van der Waals surface area contributed by atoms with Crippen molar-refractivity contribution in [1.29, 1.82) is 0 Å². The van der Waals surface area contributed by atoms with E-state index in [0.717, 1.165) is 24.5 Å². The number of fused-ring (bicyclic) bond motifs is 3. The Bertz CT molecular complexity index is 2680. The normalized spacial score (nSPS) is 19.7. The third kappa shape index (κ3) is 11.4. The van der Waals surface area contributed by atoms with Crippen LogP contribution < -0.4 is 50.2 Å². The van der Waals surface area contributed by atoms with Crippen molar-refractivity contribution in [3.8, 4) is 23.0 Å². The topological polar surface area (TPSA) is 122 Å². The summed E-state index contributed by atoms with van der Waals surface area (Å²) in [5, 5.41) is 5.31. The van der Waals surface area contributed by atoms with Gasteiger partial charge in [0.1, 0.15) is 41.6 Å². The summed E-state index contributed by atoms with van der Waals surface area (Å²) in [5.74, 6) is 1.17. The van der Waals surface area contributed by atoms with Crippen molar-refractivity contribution in [2.75, 3.05) is 19.0 Å². The summed E-state index contributed by atoms with van der Waals surface area (Å²) in [6.07, 6.45) is 1.60. The molecule has 0 aliphatic carbocycles. The largest absolute Gasteiger partial charge is 0.534 e. The van der Waals surface area contributed by atoms with Gasteiger partial charge in [0, 0.05) is 58.4 Å². The van der Waals surface area contributed by atoms with Gasteiger partial charge < -0.3 is 27.5 Å². The number of alkyl halides is 3. The van der Waals surface area contributed by atoms with Crippen LogP contribution in [0.5, 0.6) is 23.0 Å². The van der Waals surface area contributed by atoms with Crippen molar-refractivity contribution < 1.29 is 53.9 Å². The second-order valence-electron chi connectivity index (χ2n) is 18.3. The molecule has 3 aliphatic heterocycles. The maximum absolute atomic E-state index is 13.1. The third-order valence-electron chi connectivity index (χ3n) is 11.0. The fraction of sp³-hybridized carbons (Fsp3) is 0.340. The molecule has 19 heteroatoms. The number of rotatable bonds is 6. The molecule has 356 valence electrons. The van der Waals surface area contributed by atoms with Crippen LogP contribution in [0.25, 0.3) is 0 Å². The van der Waals surface area contributed by atoms with Gasteiger partial charge >= 0.3 is 15.6 Å². The van der Waals surface area contributed by atoms with E-state index < -0.39 is 48.7 Å². The van der Waals surface area contributed by atoms with Gasteiger partial charge in [0.2, 0.25) is 0 Å². The van der Waals surface area contributed by atoms with E-state index in [4.69, 9.17) is 14.2 Å². The highest BCUT2D eigenvalue weighted by Crippen LogP contribution is 2.64. The van der Waals surface area contributed by atoms with Crippen LogP contribution >= 0.6 is 67.4 Å². The van der Waals surface area contributed by atoms with Crippen LogP contribution in [0.4, 0.5) is 13.2 Å². The Hall–Kier alpha value is -2.51. The zero-order valence-corrected chi connectivity index (χ0v) is 46.6. The molecular weight excluding hydrogens is 1180 g/mol. The molecule has 5 aromatic rings. The number of hydrogen-bond donors (Lipinski definition) is 0. The summed E-state index contributed by atoms with van der Waals surface area (Å²) in [6, 6.07) is 37.5. The average Bonchev–Trinajstić information content (AvgIpc) is 3.98. The van der Waals surface area contributed by atoms with Gasteiger partial charge in [0.05, 0.1) is 5.30 Å². The molecule has 0 aromatic heterocycles. The second kappa shape index (κ2) is 21.2. The van der Waals surface area contributed by atoms with Crippen molar-refractivity contribution in [3.05, 3.63) is 121 Å². The van der Waals surface area contributed by atoms with Crippen LogP contribution in [0.2, 0.25) is 0 Å². The summed E-state index contributed by atoms with van der Waals surface area (Å²) in [6.45, 7) is 17.7. The smallest absolute Gasteiger partial charge is 0.488 e. The number of carbonyl (C=O) groups is 1. The van der Waals surface area contributed by atoms with Gasteiger partial charge in [0.15, 0.2) is 26.3 Å². The van der Waals surface area contributed by atoms with Gasteiger partial charge in [-0.1, -0.05) is 153 Å². The van der Waals surface area contributed by atoms with E-state index in [2.05, 4.69) is 141 Å². The van der Waals surface area contributed by atoms with Crippen molar-refractivity contribution in [2.45, 2.75) is 83.3 Å². The lowest BCUT2D eigenvalue weighted by Crippen LogP contribution is -2.32. The predicted octanol–water partition coefficient (Wildman–Crippen LogP) is 12.2. The first-order valence-corrected chi connectivity index (χ1v) is 34.8. The van der Waals surface area contributed by atoms with E-state index >= 15 is 0 Å². The van der Waals surface area contributed by atoms with Crippen LogP contribution in [0.3, 0.4) is 0 Å². The fourth-order valence-corrected chi connectivity index (χ4v) is 18.0. The summed E-state index contributed by atoms with van der Waals surface area (Å²) < 4.78 is 107. The van der Waals surface area contributed by atoms with Gasteiger partial charge in [-0.3, -0.25) is 4.79 Å². The number of halogens is 5. The number of benzene rings is 5. The van der Waals surface area contributed by atoms with Crippen LogP contribution in [-0.4, -0.2) is 54.7 Å². The Kier molecular flexibility index (Phi) is 17.5. The van der Waals surface area contributed by atoms with Crippen LogP contribution in [-0.2, 0) is 19.2 Å².